The molecule has 4 nitrogen and oxygen atoms in total. The highest BCUT2D eigenvalue weighted by atomic mass is 79.9. The lowest BCUT2D eigenvalue weighted by Gasteiger charge is -2.20. The molecular formula is C13H19BrN2O2. The average Bonchev–Trinajstić information content (AvgIpc) is 2.24. The number of benzene rings is 1. The molecule has 0 aliphatic carbocycles. The molecule has 18 heavy (non-hydrogen) atoms. The van der Waals surface area contributed by atoms with Crippen LogP contribution >= 0.6 is 15.9 Å². The number of nitrogens with one attached hydrogen (secondary N) is 1. The van der Waals surface area contributed by atoms with E-state index in [-0.39, 0.29) is 12.1 Å². The molecule has 100 valence electrons. The number of carbonyl (C=O) groups excluding carboxylic acids is 1. The Kier molecular flexibility index (Phi) is 5.16. The highest BCUT2D eigenvalue weighted by Crippen LogP contribution is 2.26. The first-order valence-electron chi connectivity index (χ1n) is 5.72. The van der Waals surface area contributed by atoms with Gasteiger partial charge in [0.2, 0.25) is 0 Å². The second-order valence-electron chi connectivity index (χ2n) is 5.12. The minimum Gasteiger partial charge on any atom is -0.483 e. The summed E-state index contributed by atoms with van der Waals surface area (Å²) >= 11 is 3.41. The number of ether oxygens (including phenoxy) is 1. The van der Waals surface area contributed by atoms with Gasteiger partial charge in [-0.1, -0.05) is 6.07 Å². The molecule has 0 atom stereocenters. The number of amides is 1. The molecule has 0 heterocycles. The van der Waals surface area contributed by atoms with Crippen LogP contribution in [0.2, 0.25) is 0 Å². The summed E-state index contributed by atoms with van der Waals surface area (Å²) in [5.74, 6) is 0.133. The number of halogens is 1. The number of nitrogens with two attached hydrogens (primary N) is 1. The van der Waals surface area contributed by atoms with E-state index in [1.54, 1.807) is 0 Å². The molecule has 1 aromatic carbocycles. The van der Waals surface area contributed by atoms with Gasteiger partial charge in [0.1, 0.15) is 5.75 Å². The molecule has 0 unspecified atom stereocenters. The molecule has 0 fully saturated rings. The molecule has 3 N–H and O–H groups in total. The van der Waals surface area contributed by atoms with Crippen molar-refractivity contribution in [2.45, 2.75) is 32.9 Å². The third kappa shape index (κ3) is 5.51. The smallest absolute Gasteiger partial charge is 0.255 e. The lowest BCUT2D eigenvalue weighted by atomic mass is 10.1. The molecule has 0 aromatic heterocycles. The van der Waals surface area contributed by atoms with Gasteiger partial charge < -0.3 is 15.8 Å². The van der Waals surface area contributed by atoms with Crippen molar-refractivity contribution in [3.8, 4) is 5.75 Å². The number of hydrogen-bond acceptors (Lipinski definition) is 3. The summed E-state index contributed by atoms with van der Waals surface area (Å²) in [4.78, 5) is 10.6. The Morgan fingerprint density at radius 1 is 1.44 bits per heavy atom. The van der Waals surface area contributed by atoms with Crippen molar-refractivity contribution in [3.63, 3.8) is 0 Å². The van der Waals surface area contributed by atoms with Crippen LogP contribution in [0, 0.1) is 0 Å². The summed E-state index contributed by atoms with van der Waals surface area (Å²) in [6, 6.07) is 5.75. The third-order valence-electron chi connectivity index (χ3n) is 2.19. The molecule has 1 rings (SSSR count). The fourth-order valence-corrected chi connectivity index (χ4v) is 1.83. The van der Waals surface area contributed by atoms with Crippen LogP contribution < -0.4 is 15.8 Å². The van der Waals surface area contributed by atoms with Gasteiger partial charge >= 0.3 is 0 Å². The normalized spacial score (nSPS) is 11.3. The van der Waals surface area contributed by atoms with Gasteiger partial charge in [-0.25, -0.2) is 0 Å². The predicted octanol–water partition coefficient (Wildman–Crippen LogP) is 2.20. The zero-order valence-corrected chi connectivity index (χ0v) is 12.5. The maximum Gasteiger partial charge on any atom is 0.255 e. The van der Waals surface area contributed by atoms with Crippen LogP contribution in [-0.2, 0) is 11.3 Å². The summed E-state index contributed by atoms with van der Waals surface area (Å²) in [6.07, 6.45) is 0. The predicted molar refractivity (Wildman–Crippen MR) is 75.4 cm³/mol. The zero-order valence-electron chi connectivity index (χ0n) is 10.9. The summed E-state index contributed by atoms with van der Waals surface area (Å²) in [5, 5.41) is 3.40. The standard InChI is InChI=1S/C13H19BrN2O2/c1-13(2,3)16-7-9-4-5-11(10(14)6-9)18-8-12(15)17/h4-6,16H,7-8H2,1-3H3,(H2,15,17). The molecule has 0 saturated heterocycles. The lowest BCUT2D eigenvalue weighted by Crippen LogP contribution is -2.35. The Bertz CT molecular complexity index is 427. The molecular weight excluding hydrogens is 296 g/mol. The number of carbonyl (C=O) groups is 1. The molecule has 0 aliphatic rings. The van der Waals surface area contributed by atoms with Crippen LogP contribution in [-0.4, -0.2) is 18.1 Å². The van der Waals surface area contributed by atoms with Crippen molar-refractivity contribution in [2.75, 3.05) is 6.61 Å². The van der Waals surface area contributed by atoms with Gasteiger partial charge in [0.05, 0.1) is 4.47 Å². The van der Waals surface area contributed by atoms with Crippen molar-refractivity contribution in [1.29, 1.82) is 0 Å². The Hall–Kier alpha value is -1.07. The van der Waals surface area contributed by atoms with E-state index in [0.29, 0.717) is 5.75 Å². The Balaban J connectivity index is 2.64. The van der Waals surface area contributed by atoms with Crippen molar-refractivity contribution in [3.05, 3.63) is 28.2 Å². The number of rotatable bonds is 5. The molecule has 1 aromatic rings. The highest BCUT2D eigenvalue weighted by Gasteiger charge is 2.09. The topological polar surface area (TPSA) is 64.3 Å². The van der Waals surface area contributed by atoms with E-state index in [2.05, 4.69) is 42.0 Å². The number of primary amides is 1. The lowest BCUT2D eigenvalue weighted by molar-refractivity contribution is -0.119. The summed E-state index contributed by atoms with van der Waals surface area (Å²) in [6.45, 7) is 7.02. The summed E-state index contributed by atoms with van der Waals surface area (Å²) < 4.78 is 6.07. The SMILES string of the molecule is CC(C)(C)NCc1ccc(OCC(N)=O)c(Br)c1. The molecule has 0 aliphatic heterocycles. The van der Waals surface area contributed by atoms with E-state index < -0.39 is 5.91 Å². The van der Waals surface area contributed by atoms with Crippen LogP contribution in [0.3, 0.4) is 0 Å². The van der Waals surface area contributed by atoms with Crippen LogP contribution in [0.5, 0.6) is 5.75 Å². The maximum atomic E-state index is 10.6. The van der Waals surface area contributed by atoms with E-state index in [4.69, 9.17) is 10.5 Å². The monoisotopic (exact) mass is 314 g/mol. The van der Waals surface area contributed by atoms with Gasteiger partial charge in [0.15, 0.2) is 6.61 Å². The van der Waals surface area contributed by atoms with Crippen molar-refractivity contribution in [2.24, 2.45) is 5.73 Å². The molecule has 1 amide bonds. The molecule has 0 spiro atoms. The van der Waals surface area contributed by atoms with E-state index in [1.807, 2.05) is 18.2 Å². The van der Waals surface area contributed by atoms with Crippen molar-refractivity contribution in [1.82, 2.24) is 5.32 Å². The van der Waals surface area contributed by atoms with E-state index in [9.17, 15) is 4.79 Å². The fourth-order valence-electron chi connectivity index (χ4n) is 1.29. The second kappa shape index (κ2) is 6.20. The van der Waals surface area contributed by atoms with Gasteiger partial charge in [-0.2, -0.15) is 0 Å². The van der Waals surface area contributed by atoms with Crippen LogP contribution in [0.25, 0.3) is 0 Å². The van der Waals surface area contributed by atoms with Crippen LogP contribution in [0.4, 0.5) is 0 Å². The minimum atomic E-state index is -0.486. The third-order valence-corrected chi connectivity index (χ3v) is 2.81. The molecule has 0 saturated carbocycles. The Labute approximate surface area is 116 Å². The second-order valence-corrected chi connectivity index (χ2v) is 5.98. The van der Waals surface area contributed by atoms with Crippen molar-refractivity contribution < 1.29 is 9.53 Å². The summed E-state index contributed by atoms with van der Waals surface area (Å²) in [7, 11) is 0. The number of hydrogen-bond donors (Lipinski definition) is 2. The first-order chi connectivity index (χ1) is 8.28. The van der Waals surface area contributed by atoms with Crippen molar-refractivity contribution >= 4 is 21.8 Å². The first kappa shape index (κ1) is 15.0. The van der Waals surface area contributed by atoms with E-state index in [1.165, 1.54) is 0 Å². The zero-order chi connectivity index (χ0) is 13.8. The Morgan fingerprint density at radius 3 is 2.61 bits per heavy atom. The van der Waals surface area contributed by atoms with Gasteiger partial charge in [-0.3, -0.25) is 4.79 Å². The fraction of sp³-hybridized carbons (Fsp3) is 0.462. The Morgan fingerprint density at radius 2 is 2.11 bits per heavy atom. The quantitative estimate of drug-likeness (QED) is 0.875. The summed E-state index contributed by atoms with van der Waals surface area (Å²) in [5.41, 5.74) is 6.25. The van der Waals surface area contributed by atoms with Crippen LogP contribution in [0.1, 0.15) is 26.3 Å². The van der Waals surface area contributed by atoms with Crippen LogP contribution in [0.15, 0.2) is 22.7 Å². The van der Waals surface area contributed by atoms with Gasteiger partial charge in [0, 0.05) is 12.1 Å². The molecule has 0 radical (unpaired) electrons. The maximum absolute atomic E-state index is 10.6. The molecule has 5 heteroatoms. The van der Waals surface area contributed by atoms with E-state index >= 15 is 0 Å². The average molecular weight is 315 g/mol. The van der Waals surface area contributed by atoms with Gasteiger partial charge in [0.25, 0.3) is 5.91 Å². The highest BCUT2D eigenvalue weighted by molar-refractivity contribution is 9.10. The first-order valence-corrected chi connectivity index (χ1v) is 6.52. The van der Waals surface area contributed by atoms with Gasteiger partial charge in [-0.05, 0) is 54.4 Å². The minimum absolute atomic E-state index is 0.0770. The van der Waals surface area contributed by atoms with E-state index in [0.717, 1.165) is 16.6 Å². The largest absolute Gasteiger partial charge is 0.483 e. The molecule has 0 bridgehead atoms. The van der Waals surface area contributed by atoms with Gasteiger partial charge in [-0.15, -0.1) is 0 Å².